The number of halogens is 1. The summed E-state index contributed by atoms with van der Waals surface area (Å²) in [5, 5.41) is 9.73. The van der Waals surface area contributed by atoms with E-state index >= 15 is 0 Å². The van der Waals surface area contributed by atoms with Crippen molar-refractivity contribution < 1.29 is 4.79 Å². The van der Waals surface area contributed by atoms with E-state index in [1.807, 2.05) is 19.1 Å². The average molecular weight is 370 g/mol. The van der Waals surface area contributed by atoms with E-state index in [4.69, 9.17) is 5.73 Å². The average Bonchev–Trinajstić information content (AvgIpc) is 2.93. The van der Waals surface area contributed by atoms with Crippen LogP contribution >= 0.6 is 27.7 Å². The molecule has 0 aliphatic carbocycles. The number of amides is 1. The van der Waals surface area contributed by atoms with Crippen molar-refractivity contribution in [1.82, 2.24) is 14.8 Å². The second-order valence-electron chi connectivity index (χ2n) is 4.49. The zero-order valence-electron chi connectivity index (χ0n) is 11.0. The van der Waals surface area contributed by atoms with Gasteiger partial charge in [-0.3, -0.25) is 9.36 Å². The van der Waals surface area contributed by atoms with Crippen LogP contribution in [-0.4, -0.2) is 20.7 Å². The van der Waals surface area contributed by atoms with Gasteiger partial charge in [0, 0.05) is 27.2 Å². The topological polar surface area (TPSA) is 106 Å². The molecule has 3 rings (SSSR count). The monoisotopic (exact) mass is 369 g/mol. The SMILES string of the molecule is CCn1c(Sc2cc3c(cc2Br)C(N)C(=O)N3)n[nH]c1=O. The van der Waals surface area contributed by atoms with Gasteiger partial charge >= 0.3 is 5.69 Å². The van der Waals surface area contributed by atoms with Gasteiger partial charge in [0.2, 0.25) is 5.91 Å². The molecule has 1 aliphatic heterocycles. The normalized spacial score (nSPS) is 16.9. The summed E-state index contributed by atoms with van der Waals surface area (Å²) in [6, 6.07) is 3.00. The van der Waals surface area contributed by atoms with Crippen molar-refractivity contribution in [3.05, 3.63) is 32.7 Å². The molecule has 0 bridgehead atoms. The number of carbonyl (C=O) groups is 1. The van der Waals surface area contributed by atoms with E-state index in [0.717, 1.165) is 14.9 Å². The molecular formula is C12H12BrN5O2S. The van der Waals surface area contributed by atoms with Crippen molar-refractivity contribution >= 4 is 39.3 Å². The Morgan fingerprint density at radius 1 is 1.48 bits per heavy atom. The molecule has 1 aromatic heterocycles. The second-order valence-corrected chi connectivity index (χ2v) is 6.36. The van der Waals surface area contributed by atoms with Crippen LogP contribution in [0.2, 0.25) is 0 Å². The van der Waals surface area contributed by atoms with Crippen molar-refractivity contribution in [3.8, 4) is 0 Å². The largest absolute Gasteiger partial charge is 0.343 e. The van der Waals surface area contributed by atoms with E-state index in [1.165, 1.54) is 16.3 Å². The maximum atomic E-state index is 11.6. The van der Waals surface area contributed by atoms with E-state index < -0.39 is 6.04 Å². The van der Waals surface area contributed by atoms with Gasteiger partial charge in [-0.25, -0.2) is 9.89 Å². The molecule has 0 fully saturated rings. The standard InChI is InChI=1S/C12H12BrN5O2S/c1-2-18-11(20)16-17-12(18)21-8-4-7-5(3-6(8)13)9(14)10(19)15-7/h3-4,9H,2,14H2,1H3,(H,15,19)(H,16,20). The first-order valence-corrected chi connectivity index (χ1v) is 7.85. The predicted octanol–water partition coefficient (Wildman–Crippen LogP) is 1.46. The summed E-state index contributed by atoms with van der Waals surface area (Å²) in [5.41, 5.74) is 7.01. The summed E-state index contributed by atoms with van der Waals surface area (Å²) in [5.74, 6) is -0.218. The Balaban J connectivity index is 1.99. The Hall–Kier alpha value is -1.58. The van der Waals surface area contributed by atoms with Crippen molar-refractivity contribution in [2.45, 2.75) is 29.6 Å². The minimum atomic E-state index is -0.644. The highest BCUT2D eigenvalue weighted by Gasteiger charge is 2.28. The number of nitrogens with one attached hydrogen (secondary N) is 2. The van der Waals surface area contributed by atoms with Crippen LogP contribution in [0.25, 0.3) is 0 Å². The third-order valence-corrected chi connectivity index (χ3v) is 5.19. The number of carbonyl (C=O) groups excluding carboxylic acids is 1. The van der Waals surface area contributed by atoms with Gasteiger partial charge in [-0.2, -0.15) is 0 Å². The van der Waals surface area contributed by atoms with Crippen LogP contribution in [0.5, 0.6) is 0 Å². The maximum Gasteiger partial charge on any atom is 0.343 e. The van der Waals surface area contributed by atoms with Crippen LogP contribution in [0.15, 0.2) is 31.5 Å². The van der Waals surface area contributed by atoms with Gasteiger partial charge < -0.3 is 11.1 Å². The number of H-pyrrole nitrogens is 1. The third kappa shape index (κ3) is 2.41. The molecule has 21 heavy (non-hydrogen) atoms. The summed E-state index contributed by atoms with van der Waals surface area (Å²) in [6.45, 7) is 2.40. The minimum absolute atomic E-state index is 0.218. The third-order valence-electron chi connectivity index (χ3n) is 3.22. The van der Waals surface area contributed by atoms with Crippen LogP contribution in [0.3, 0.4) is 0 Å². The van der Waals surface area contributed by atoms with E-state index in [0.29, 0.717) is 17.4 Å². The van der Waals surface area contributed by atoms with Gasteiger partial charge in [0.1, 0.15) is 6.04 Å². The fourth-order valence-corrected chi connectivity index (χ4v) is 3.67. The number of aromatic amines is 1. The van der Waals surface area contributed by atoms with Crippen LogP contribution < -0.4 is 16.7 Å². The van der Waals surface area contributed by atoms with Crippen molar-refractivity contribution in [3.63, 3.8) is 0 Å². The maximum absolute atomic E-state index is 11.6. The lowest BCUT2D eigenvalue weighted by Gasteiger charge is -2.08. The fourth-order valence-electron chi connectivity index (χ4n) is 2.12. The number of benzene rings is 1. The Labute approximate surface area is 132 Å². The van der Waals surface area contributed by atoms with E-state index in [1.54, 1.807) is 0 Å². The summed E-state index contributed by atoms with van der Waals surface area (Å²) in [6.07, 6.45) is 0. The number of hydrogen-bond acceptors (Lipinski definition) is 5. The Morgan fingerprint density at radius 2 is 2.24 bits per heavy atom. The molecule has 2 heterocycles. The van der Waals surface area contributed by atoms with E-state index in [9.17, 15) is 9.59 Å². The van der Waals surface area contributed by atoms with Crippen LogP contribution in [0.4, 0.5) is 5.69 Å². The number of anilines is 1. The van der Waals surface area contributed by atoms with Crippen LogP contribution in [0.1, 0.15) is 18.5 Å². The minimum Gasteiger partial charge on any atom is -0.324 e. The highest BCUT2D eigenvalue weighted by atomic mass is 79.9. The Bertz CT molecular complexity index is 784. The summed E-state index contributed by atoms with van der Waals surface area (Å²) in [7, 11) is 0. The number of hydrogen-bond donors (Lipinski definition) is 3. The van der Waals surface area contributed by atoms with Crippen molar-refractivity contribution in [1.29, 1.82) is 0 Å². The molecule has 0 saturated carbocycles. The first kappa shape index (κ1) is 14.4. The molecule has 1 unspecified atom stereocenters. The molecule has 2 aromatic rings. The zero-order chi connectivity index (χ0) is 15.1. The van der Waals surface area contributed by atoms with Gasteiger partial charge in [0.15, 0.2) is 5.16 Å². The molecule has 0 spiro atoms. The lowest BCUT2D eigenvalue weighted by atomic mass is 10.1. The van der Waals surface area contributed by atoms with Crippen molar-refractivity contribution in [2.24, 2.45) is 5.73 Å². The van der Waals surface area contributed by atoms with Gasteiger partial charge in [0.25, 0.3) is 0 Å². The number of nitrogens with zero attached hydrogens (tertiary/aromatic N) is 2. The summed E-state index contributed by atoms with van der Waals surface area (Å²) < 4.78 is 2.34. The molecule has 0 saturated heterocycles. The summed E-state index contributed by atoms with van der Waals surface area (Å²) in [4.78, 5) is 24.0. The zero-order valence-corrected chi connectivity index (χ0v) is 13.4. The lowest BCUT2D eigenvalue weighted by molar-refractivity contribution is -0.116. The van der Waals surface area contributed by atoms with E-state index in [-0.39, 0.29) is 11.6 Å². The number of aromatic nitrogens is 3. The van der Waals surface area contributed by atoms with Crippen molar-refractivity contribution in [2.75, 3.05) is 5.32 Å². The molecule has 1 aromatic carbocycles. The van der Waals surface area contributed by atoms with E-state index in [2.05, 4.69) is 31.4 Å². The number of fused-ring (bicyclic) bond motifs is 1. The quantitative estimate of drug-likeness (QED) is 0.759. The highest BCUT2D eigenvalue weighted by molar-refractivity contribution is 9.10. The fraction of sp³-hybridized carbons (Fsp3) is 0.250. The Morgan fingerprint density at radius 3 is 2.95 bits per heavy atom. The molecule has 7 nitrogen and oxygen atoms in total. The number of rotatable bonds is 3. The molecule has 1 amide bonds. The molecule has 9 heteroatoms. The molecular weight excluding hydrogens is 358 g/mol. The molecule has 1 atom stereocenters. The number of nitrogens with two attached hydrogens (primary N) is 1. The van der Waals surface area contributed by atoms with Crippen LogP contribution in [0, 0.1) is 0 Å². The smallest absolute Gasteiger partial charge is 0.324 e. The van der Waals surface area contributed by atoms with Gasteiger partial charge in [-0.05, 0) is 46.7 Å². The van der Waals surface area contributed by atoms with Gasteiger partial charge in [0.05, 0.1) is 0 Å². The Kier molecular flexibility index (Phi) is 3.64. The molecule has 4 N–H and O–H groups in total. The first-order chi connectivity index (χ1) is 10.0. The van der Waals surface area contributed by atoms with Gasteiger partial charge in [-0.15, -0.1) is 5.10 Å². The molecule has 1 aliphatic rings. The molecule has 0 radical (unpaired) electrons. The predicted molar refractivity (Wildman–Crippen MR) is 82.3 cm³/mol. The molecule has 110 valence electrons. The van der Waals surface area contributed by atoms with Crippen LogP contribution in [-0.2, 0) is 11.3 Å². The first-order valence-electron chi connectivity index (χ1n) is 6.24. The van der Waals surface area contributed by atoms with Gasteiger partial charge in [-0.1, -0.05) is 0 Å². The summed E-state index contributed by atoms with van der Waals surface area (Å²) >= 11 is 4.80. The highest BCUT2D eigenvalue weighted by Crippen LogP contribution is 2.39. The second kappa shape index (κ2) is 5.32. The lowest BCUT2D eigenvalue weighted by Crippen LogP contribution is -2.19.